The molecule has 0 aliphatic rings. The number of tetrazole rings is 1. The van der Waals surface area contributed by atoms with Gasteiger partial charge in [-0.2, -0.15) is 4.68 Å². The fourth-order valence-electron chi connectivity index (χ4n) is 3.78. The Morgan fingerprint density at radius 3 is 2.29 bits per heavy atom. The zero-order valence-corrected chi connectivity index (χ0v) is 20.1. The first kappa shape index (κ1) is 24.2. The molecule has 3 aromatic carbocycles. The SMILES string of the molecule is CC(=O)Nc1cccc(-n2nnnc2SCC(=O)NCCC(c2ccccc2)c2ccccc2)c1. The fourth-order valence-corrected chi connectivity index (χ4v) is 4.50. The molecule has 2 N–H and O–H groups in total. The predicted molar refractivity (Wildman–Crippen MR) is 137 cm³/mol. The van der Waals surface area contributed by atoms with Crippen molar-refractivity contribution in [3.8, 4) is 5.69 Å². The van der Waals surface area contributed by atoms with Crippen molar-refractivity contribution in [1.29, 1.82) is 0 Å². The van der Waals surface area contributed by atoms with Gasteiger partial charge in [0, 0.05) is 25.1 Å². The quantitative estimate of drug-likeness (QED) is 0.328. The van der Waals surface area contributed by atoms with Crippen LogP contribution in [0.5, 0.6) is 0 Å². The Balaban J connectivity index is 1.33. The minimum Gasteiger partial charge on any atom is -0.355 e. The van der Waals surface area contributed by atoms with E-state index in [1.165, 1.54) is 29.8 Å². The number of thioether (sulfide) groups is 1. The first-order valence-corrected chi connectivity index (χ1v) is 12.2. The third-order valence-corrected chi connectivity index (χ3v) is 6.26. The average Bonchev–Trinajstić information content (AvgIpc) is 3.35. The molecule has 0 fully saturated rings. The van der Waals surface area contributed by atoms with E-state index in [0.717, 1.165) is 6.42 Å². The van der Waals surface area contributed by atoms with Gasteiger partial charge in [0.15, 0.2) is 0 Å². The van der Waals surface area contributed by atoms with Crippen LogP contribution in [-0.2, 0) is 9.59 Å². The van der Waals surface area contributed by atoms with Crippen LogP contribution >= 0.6 is 11.8 Å². The van der Waals surface area contributed by atoms with Crippen LogP contribution in [0, 0.1) is 0 Å². The lowest BCUT2D eigenvalue weighted by Crippen LogP contribution is -2.27. The fraction of sp³-hybridized carbons (Fsp3) is 0.192. The largest absolute Gasteiger partial charge is 0.355 e. The number of benzene rings is 3. The Bertz CT molecular complexity index is 1220. The molecule has 178 valence electrons. The summed E-state index contributed by atoms with van der Waals surface area (Å²) in [6, 6.07) is 27.8. The summed E-state index contributed by atoms with van der Waals surface area (Å²) in [6.07, 6.45) is 0.790. The molecule has 4 aromatic rings. The topological polar surface area (TPSA) is 102 Å². The number of nitrogens with one attached hydrogen (secondary N) is 2. The Kier molecular flexibility index (Phi) is 8.24. The molecule has 0 bridgehead atoms. The third-order valence-electron chi connectivity index (χ3n) is 5.34. The third kappa shape index (κ3) is 6.77. The molecule has 0 atom stereocenters. The van der Waals surface area contributed by atoms with Gasteiger partial charge in [0.25, 0.3) is 0 Å². The van der Waals surface area contributed by atoms with Crippen LogP contribution in [0.15, 0.2) is 90.1 Å². The number of rotatable bonds is 10. The van der Waals surface area contributed by atoms with Crippen LogP contribution in [0.3, 0.4) is 0 Å². The van der Waals surface area contributed by atoms with Crippen LogP contribution < -0.4 is 10.6 Å². The number of anilines is 1. The predicted octanol–water partition coefficient (Wildman–Crippen LogP) is 4.05. The molecule has 0 saturated carbocycles. The molecule has 1 aromatic heterocycles. The Morgan fingerprint density at radius 1 is 0.943 bits per heavy atom. The molecule has 0 aliphatic heterocycles. The second kappa shape index (κ2) is 11.9. The van der Waals surface area contributed by atoms with Crippen molar-refractivity contribution in [3.05, 3.63) is 96.1 Å². The highest BCUT2D eigenvalue weighted by Gasteiger charge is 2.15. The number of hydrogen-bond acceptors (Lipinski definition) is 6. The number of carbonyl (C=O) groups is 2. The molecule has 8 nitrogen and oxygen atoms in total. The van der Waals surface area contributed by atoms with E-state index in [2.05, 4.69) is 50.4 Å². The Morgan fingerprint density at radius 2 is 1.63 bits per heavy atom. The zero-order chi connectivity index (χ0) is 24.5. The molecule has 35 heavy (non-hydrogen) atoms. The summed E-state index contributed by atoms with van der Waals surface area (Å²) in [5.41, 5.74) is 3.79. The highest BCUT2D eigenvalue weighted by Crippen LogP contribution is 2.27. The standard InChI is InChI=1S/C26H26N6O2S/c1-19(33)28-22-13-8-14-23(17-22)32-26(29-30-31-32)35-18-25(34)27-16-15-24(20-9-4-2-5-10-20)21-11-6-3-7-12-21/h2-14,17,24H,15-16,18H2,1H3,(H,27,34)(H,28,33). The van der Waals surface area contributed by atoms with Gasteiger partial charge in [-0.3, -0.25) is 9.59 Å². The Hall–Kier alpha value is -3.98. The highest BCUT2D eigenvalue weighted by atomic mass is 32.2. The van der Waals surface area contributed by atoms with Crippen molar-refractivity contribution in [2.45, 2.75) is 24.4 Å². The summed E-state index contributed by atoms with van der Waals surface area (Å²) in [4.78, 5) is 23.9. The maximum atomic E-state index is 12.6. The van der Waals surface area contributed by atoms with Crippen molar-refractivity contribution in [3.63, 3.8) is 0 Å². The molecular weight excluding hydrogens is 460 g/mol. The second-order valence-electron chi connectivity index (χ2n) is 7.91. The molecule has 1 heterocycles. The number of nitrogens with zero attached hydrogens (tertiary/aromatic N) is 4. The minimum absolute atomic E-state index is 0.0866. The maximum absolute atomic E-state index is 12.6. The summed E-state index contributed by atoms with van der Waals surface area (Å²) in [7, 11) is 0. The number of aromatic nitrogens is 4. The van der Waals surface area contributed by atoms with Crippen molar-refractivity contribution in [2.75, 3.05) is 17.6 Å². The van der Waals surface area contributed by atoms with E-state index < -0.39 is 0 Å². The van der Waals surface area contributed by atoms with Crippen LogP contribution in [-0.4, -0.2) is 44.3 Å². The van der Waals surface area contributed by atoms with Gasteiger partial charge < -0.3 is 10.6 Å². The molecule has 4 rings (SSSR count). The first-order chi connectivity index (χ1) is 17.1. The summed E-state index contributed by atoms with van der Waals surface area (Å²) >= 11 is 1.26. The van der Waals surface area contributed by atoms with Gasteiger partial charge in [0.1, 0.15) is 0 Å². The van der Waals surface area contributed by atoms with Gasteiger partial charge in [0.05, 0.1) is 11.4 Å². The molecule has 2 amide bonds. The van der Waals surface area contributed by atoms with Gasteiger partial charge >= 0.3 is 0 Å². The van der Waals surface area contributed by atoms with Crippen LogP contribution in [0.4, 0.5) is 5.69 Å². The second-order valence-corrected chi connectivity index (χ2v) is 8.85. The van der Waals surface area contributed by atoms with Gasteiger partial charge in [-0.1, -0.05) is 78.5 Å². The molecule has 0 spiro atoms. The Labute approximate surface area is 208 Å². The van der Waals surface area contributed by atoms with Crippen LogP contribution in [0.1, 0.15) is 30.4 Å². The van der Waals surface area contributed by atoms with E-state index in [4.69, 9.17) is 0 Å². The van der Waals surface area contributed by atoms with Crippen molar-refractivity contribution >= 4 is 29.3 Å². The van der Waals surface area contributed by atoms with Crippen LogP contribution in [0.25, 0.3) is 5.69 Å². The molecular formula is C26H26N6O2S. The van der Waals surface area contributed by atoms with Crippen molar-refractivity contribution in [1.82, 2.24) is 25.5 Å². The van der Waals surface area contributed by atoms with E-state index in [1.54, 1.807) is 22.9 Å². The molecule has 0 radical (unpaired) electrons. The first-order valence-electron chi connectivity index (χ1n) is 11.3. The van der Waals surface area contributed by atoms with E-state index >= 15 is 0 Å². The lowest BCUT2D eigenvalue weighted by molar-refractivity contribution is -0.118. The van der Waals surface area contributed by atoms with E-state index in [9.17, 15) is 9.59 Å². The summed E-state index contributed by atoms with van der Waals surface area (Å²) < 4.78 is 1.55. The minimum atomic E-state index is -0.160. The number of carbonyl (C=O) groups excluding carboxylic acids is 2. The number of amides is 2. The molecule has 0 saturated heterocycles. The smallest absolute Gasteiger partial charge is 0.230 e. The molecule has 0 unspecified atom stereocenters. The summed E-state index contributed by atoms with van der Waals surface area (Å²) in [5.74, 6) is 0.143. The summed E-state index contributed by atoms with van der Waals surface area (Å²) in [6.45, 7) is 2.00. The summed E-state index contributed by atoms with van der Waals surface area (Å²) in [5, 5.41) is 18.1. The van der Waals surface area contributed by atoms with Crippen LogP contribution in [0.2, 0.25) is 0 Å². The highest BCUT2D eigenvalue weighted by molar-refractivity contribution is 7.99. The van der Waals surface area contributed by atoms with E-state index in [0.29, 0.717) is 23.1 Å². The monoisotopic (exact) mass is 486 g/mol. The van der Waals surface area contributed by atoms with Gasteiger partial charge in [-0.25, -0.2) is 0 Å². The average molecular weight is 487 g/mol. The van der Waals surface area contributed by atoms with Gasteiger partial charge in [-0.05, 0) is 46.2 Å². The van der Waals surface area contributed by atoms with Gasteiger partial charge in [0.2, 0.25) is 17.0 Å². The van der Waals surface area contributed by atoms with Crippen molar-refractivity contribution in [2.24, 2.45) is 0 Å². The van der Waals surface area contributed by atoms with Crippen molar-refractivity contribution < 1.29 is 9.59 Å². The zero-order valence-electron chi connectivity index (χ0n) is 19.3. The maximum Gasteiger partial charge on any atom is 0.230 e. The normalized spacial score (nSPS) is 10.8. The van der Waals surface area contributed by atoms with E-state index in [-0.39, 0.29) is 23.5 Å². The lowest BCUT2D eigenvalue weighted by atomic mass is 9.88. The molecule has 0 aliphatic carbocycles. The van der Waals surface area contributed by atoms with E-state index in [1.807, 2.05) is 42.5 Å². The lowest BCUT2D eigenvalue weighted by Gasteiger charge is -2.18. The molecule has 9 heteroatoms. The number of hydrogen-bond donors (Lipinski definition) is 2. The van der Waals surface area contributed by atoms with Gasteiger partial charge in [-0.15, -0.1) is 5.10 Å².